The molecule has 4 rings (SSSR count). The van der Waals surface area contributed by atoms with Gasteiger partial charge in [0.05, 0.1) is 5.56 Å². The summed E-state index contributed by atoms with van der Waals surface area (Å²) in [5.74, 6) is 0.187. The van der Waals surface area contributed by atoms with Crippen molar-refractivity contribution < 1.29 is 9.18 Å². The van der Waals surface area contributed by atoms with Crippen molar-refractivity contribution in [2.45, 2.75) is 47.0 Å². The molecule has 1 aliphatic rings. The lowest BCUT2D eigenvalue weighted by Gasteiger charge is -2.33. The van der Waals surface area contributed by atoms with E-state index in [1.807, 2.05) is 31.2 Å². The molecule has 1 aromatic heterocycles. The molecule has 1 amide bonds. The summed E-state index contributed by atoms with van der Waals surface area (Å²) in [7, 11) is 0. The van der Waals surface area contributed by atoms with Crippen LogP contribution in [0.15, 0.2) is 53.5 Å². The number of aryl methyl sites for hydroxylation is 1. The van der Waals surface area contributed by atoms with Gasteiger partial charge in [-0.1, -0.05) is 51.1 Å². The summed E-state index contributed by atoms with van der Waals surface area (Å²) < 4.78 is 13.3. The maximum atomic E-state index is 13.4. The number of aliphatic imine (C=N–C) groups is 1. The SMILES string of the molecule is Cc1ccccc1NC(=O)c1c(/N=C/c2ccc(F)cc2)sc2c1CCC(C(C)(C)C)C2. The number of anilines is 1. The van der Waals surface area contributed by atoms with Crippen molar-refractivity contribution in [3.05, 3.63) is 81.5 Å². The Morgan fingerprint density at radius 1 is 1.16 bits per heavy atom. The molecule has 3 nitrogen and oxygen atoms in total. The number of nitrogens with zero attached hydrogens (tertiary/aromatic N) is 1. The number of carbonyl (C=O) groups excluding carboxylic acids is 1. The van der Waals surface area contributed by atoms with Gasteiger partial charge in [-0.05, 0) is 72.4 Å². The van der Waals surface area contributed by atoms with Crippen molar-refractivity contribution in [2.75, 3.05) is 5.32 Å². The average molecular weight is 449 g/mol. The third kappa shape index (κ3) is 4.83. The number of amides is 1. The highest BCUT2D eigenvalue weighted by Gasteiger charge is 2.33. The molecule has 0 saturated heterocycles. The maximum Gasteiger partial charge on any atom is 0.259 e. The van der Waals surface area contributed by atoms with E-state index in [-0.39, 0.29) is 17.1 Å². The number of para-hydroxylation sites is 1. The number of carbonyl (C=O) groups is 1. The van der Waals surface area contributed by atoms with Crippen LogP contribution in [0.2, 0.25) is 0 Å². The van der Waals surface area contributed by atoms with Crippen molar-refractivity contribution in [3.63, 3.8) is 0 Å². The second-order valence-electron chi connectivity index (χ2n) is 9.57. The Bertz CT molecular complexity index is 1160. The average Bonchev–Trinajstić information content (AvgIpc) is 3.12. The predicted molar refractivity (Wildman–Crippen MR) is 132 cm³/mol. The Balaban J connectivity index is 1.71. The summed E-state index contributed by atoms with van der Waals surface area (Å²) in [6, 6.07) is 14.0. The van der Waals surface area contributed by atoms with Crippen molar-refractivity contribution in [1.82, 2.24) is 0 Å². The molecule has 1 N–H and O–H groups in total. The van der Waals surface area contributed by atoms with Gasteiger partial charge in [0.15, 0.2) is 0 Å². The highest BCUT2D eigenvalue weighted by Crippen LogP contribution is 2.45. The second kappa shape index (κ2) is 8.99. The summed E-state index contributed by atoms with van der Waals surface area (Å²) >= 11 is 1.61. The third-order valence-corrected chi connectivity index (χ3v) is 7.46. The number of hydrogen-bond donors (Lipinski definition) is 1. The number of benzene rings is 2. The first-order valence-corrected chi connectivity index (χ1v) is 11.8. The minimum absolute atomic E-state index is 0.114. The molecule has 0 spiro atoms. The van der Waals surface area contributed by atoms with Gasteiger partial charge in [0.25, 0.3) is 5.91 Å². The van der Waals surface area contributed by atoms with Crippen LogP contribution in [0.1, 0.15) is 59.1 Å². The molecule has 1 atom stereocenters. The van der Waals surface area contributed by atoms with Crippen LogP contribution in [0.3, 0.4) is 0 Å². The van der Waals surface area contributed by atoms with Crippen molar-refractivity contribution >= 4 is 34.1 Å². The number of hydrogen-bond acceptors (Lipinski definition) is 3. The summed E-state index contributed by atoms with van der Waals surface area (Å²) in [5, 5.41) is 3.82. The van der Waals surface area contributed by atoms with Crippen molar-refractivity contribution in [1.29, 1.82) is 0 Å². The lowest BCUT2D eigenvalue weighted by atomic mass is 9.72. The van der Waals surface area contributed by atoms with Gasteiger partial charge in [0.2, 0.25) is 0 Å². The first-order valence-electron chi connectivity index (χ1n) is 11.0. The summed E-state index contributed by atoms with van der Waals surface area (Å²) in [6.45, 7) is 8.85. The topological polar surface area (TPSA) is 41.5 Å². The Labute approximate surface area is 193 Å². The third-order valence-electron chi connectivity index (χ3n) is 6.29. The largest absolute Gasteiger partial charge is 0.322 e. The quantitative estimate of drug-likeness (QED) is 0.417. The number of nitrogens with one attached hydrogen (secondary N) is 1. The van der Waals surface area contributed by atoms with Crippen LogP contribution in [0.5, 0.6) is 0 Å². The van der Waals surface area contributed by atoms with E-state index in [0.717, 1.165) is 46.6 Å². The normalized spacial score (nSPS) is 16.2. The van der Waals surface area contributed by atoms with Gasteiger partial charge in [-0.25, -0.2) is 9.38 Å². The summed E-state index contributed by atoms with van der Waals surface area (Å²) in [6.07, 6.45) is 4.64. The van der Waals surface area contributed by atoms with Gasteiger partial charge in [-0.3, -0.25) is 4.79 Å². The smallest absolute Gasteiger partial charge is 0.259 e. The van der Waals surface area contributed by atoms with Crippen LogP contribution in [0, 0.1) is 24.1 Å². The van der Waals surface area contributed by atoms with Crippen LogP contribution in [-0.4, -0.2) is 12.1 Å². The van der Waals surface area contributed by atoms with E-state index >= 15 is 0 Å². The van der Waals surface area contributed by atoms with E-state index < -0.39 is 0 Å². The van der Waals surface area contributed by atoms with Gasteiger partial charge >= 0.3 is 0 Å². The molecule has 2 aromatic carbocycles. The molecule has 0 radical (unpaired) electrons. The van der Waals surface area contributed by atoms with E-state index in [1.54, 1.807) is 29.7 Å². The molecule has 0 aliphatic heterocycles. The van der Waals surface area contributed by atoms with E-state index in [0.29, 0.717) is 11.5 Å². The fraction of sp³-hybridized carbons (Fsp3) is 0.333. The first-order chi connectivity index (χ1) is 15.2. The van der Waals surface area contributed by atoms with Crippen LogP contribution >= 0.6 is 11.3 Å². The number of rotatable bonds is 4. The van der Waals surface area contributed by atoms with Crippen LogP contribution in [0.25, 0.3) is 0 Å². The second-order valence-corrected chi connectivity index (χ2v) is 10.7. The van der Waals surface area contributed by atoms with E-state index in [2.05, 4.69) is 26.1 Å². The highest BCUT2D eigenvalue weighted by molar-refractivity contribution is 7.16. The van der Waals surface area contributed by atoms with Gasteiger partial charge in [-0.15, -0.1) is 11.3 Å². The van der Waals surface area contributed by atoms with Crippen LogP contribution in [0.4, 0.5) is 15.1 Å². The highest BCUT2D eigenvalue weighted by atomic mass is 32.1. The molecular weight excluding hydrogens is 419 g/mol. The van der Waals surface area contributed by atoms with E-state index in [4.69, 9.17) is 4.99 Å². The van der Waals surface area contributed by atoms with Crippen molar-refractivity contribution in [2.24, 2.45) is 16.3 Å². The number of fused-ring (bicyclic) bond motifs is 1. The number of thiophene rings is 1. The Hall–Kier alpha value is -2.79. The Kier molecular flexibility index (Phi) is 6.29. The van der Waals surface area contributed by atoms with Gasteiger partial charge in [-0.2, -0.15) is 0 Å². The van der Waals surface area contributed by atoms with Crippen LogP contribution < -0.4 is 5.32 Å². The maximum absolute atomic E-state index is 13.4. The Morgan fingerprint density at radius 2 is 1.88 bits per heavy atom. The van der Waals surface area contributed by atoms with Gasteiger partial charge < -0.3 is 5.32 Å². The standard InChI is InChI=1S/C27H29FN2OS/c1-17-7-5-6-8-22(17)30-25(31)24-21-14-11-19(27(2,3)4)15-23(21)32-26(24)29-16-18-9-12-20(28)13-10-18/h5-10,12-13,16,19H,11,14-15H2,1-4H3,(H,30,31)/b29-16+. The lowest BCUT2D eigenvalue weighted by Crippen LogP contribution is -2.27. The zero-order valence-electron chi connectivity index (χ0n) is 19.0. The molecule has 166 valence electrons. The minimum atomic E-state index is -0.278. The summed E-state index contributed by atoms with van der Waals surface area (Å²) in [4.78, 5) is 19.4. The molecular formula is C27H29FN2OS. The zero-order valence-corrected chi connectivity index (χ0v) is 19.9. The van der Waals surface area contributed by atoms with Crippen molar-refractivity contribution in [3.8, 4) is 0 Å². The lowest BCUT2D eigenvalue weighted by molar-refractivity contribution is 0.102. The molecule has 1 unspecified atom stereocenters. The Morgan fingerprint density at radius 3 is 2.56 bits per heavy atom. The van der Waals surface area contributed by atoms with Crippen LogP contribution in [-0.2, 0) is 12.8 Å². The zero-order chi connectivity index (χ0) is 22.9. The number of halogens is 1. The molecule has 0 bridgehead atoms. The monoisotopic (exact) mass is 448 g/mol. The van der Waals surface area contributed by atoms with Gasteiger partial charge in [0.1, 0.15) is 10.8 Å². The fourth-order valence-corrected chi connectivity index (χ4v) is 5.48. The summed E-state index contributed by atoms with van der Waals surface area (Å²) in [5.41, 5.74) is 4.67. The van der Waals surface area contributed by atoms with Gasteiger partial charge in [0, 0.05) is 16.8 Å². The van der Waals surface area contributed by atoms with E-state index in [1.165, 1.54) is 17.0 Å². The van der Waals surface area contributed by atoms with E-state index in [9.17, 15) is 9.18 Å². The molecule has 0 saturated carbocycles. The first kappa shape index (κ1) is 22.4. The molecule has 0 fully saturated rings. The molecule has 5 heteroatoms. The molecule has 1 aliphatic carbocycles. The fourth-order valence-electron chi connectivity index (χ4n) is 4.22. The minimum Gasteiger partial charge on any atom is -0.322 e. The molecule has 1 heterocycles. The predicted octanol–water partition coefficient (Wildman–Crippen LogP) is 7.35. The molecule has 3 aromatic rings. The molecule has 32 heavy (non-hydrogen) atoms.